The van der Waals surface area contributed by atoms with Gasteiger partial charge in [0.05, 0.1) is 11.1 Å². The molecule has 0 unspecified atom stereocenters. The molecule has 1 fully saturated rings. The summed E-state index contributed by atoms with van der Waals surface area (Å²) >= 11 is 1.23. The number of nitrogens with one attached hydrogen (secondary N) is 1. The maximum Gasteiger partial charge on any atom is 0.250 e. The molecule has 2 aliphatic carbocycles. The molecular formula is C21H22N2O3S2. The number of fused-ring (bicyclic) bond motifs is 1. The van der Waals surface area contributed by atoms with Crippen LogP contribution in [0.15, 0.2) is 51.2 Å². The number of oxazole rings is 1. The minimum atomic E-state index is -3.59. The molecule has 1 atom stereocenters. The van der Waals surface area contributed by atoms with Crippen LogP contribution in [0.4, 0.5) is 0 Å². The van der Waals surface area contributed by atoms with Crippen molar-refractivity contribution in [2.75, 3.05) is 0 Å². The molecule has 1 saturated carbocycles. The second-order valence-electron chi connectivity index (χ2n) is 7.57. The van der Waals surface area contributed by atoms with Crippen molar-refractivity contribution < 1.29 is 12.8 Å². The molecule has 28 heavy (non-hydrogen) atoms. The van der Waals surface area contributed by atoms with Gasteiger partial charge in [0, 0.05) is 12.0 Å². The fraction of sp³-hybridized carbons (Fsp3) is 0.381. The van der Waals surface area contributed by atoms with E-state index in [0.717, 1.165) is 48.4 Å². The second kappa shape index (κ2) is 7.13. The average Bonchev–Trinajstić information content (AvgIpc) is 3.30. The van der Waals surface area contributed by atoms with Crippen LogP contribution in [0.2, 0.25) is 0 Å². The van der Waals surface area contributed by atoms with Gasteiger partial charge in [0.2, 0.25) is 0 Å². The van der Waals surface area contributed by atoms with E-state index in [-0.39, 0.29) is 6.04 Å². The number of nitrogens with zero attached hydrogens (tertiary/aromatic N) is 1. The Morgan fingerprint density at radius 3 is 2.75 bits per heavy atom. The van der Waals surface area contributed by atoms with E-state index in [0.29, 0.717) is 15.9 Å². The van der Waals surface area contributed by atoms with Gasteiger partial charge in [0.15, 0.2) is 11.7 Å². The van der Waals surface area contributed by atoms with Gasteiger partial charge in [-0.2, -0.15) is 0 Å². The summed E-state index contributed by atoms with van der Waals surface area (Å²) in [5.41, 5.74) is 2.33. The van der Waals surface area contributed by atoms with Crippen LogP contribution in [-0.2, 0) is 16.4 Å². The molecule has 2 aliphatic rings. The Kier molecular flexibility index (Phi) is 4.61. The first-order chi connectivity index (χ1) is 13.6. The van der Waals surface area contributed by atoms with Crippen LogP contribution >= 0.6 is 11.3 Å². The molecule has 1 aromatic carbocycles. The smallest absolute Gasteiger partial charge is 0.250 e. The van der Waals surface area contributed by atoms with Gasteiger partial charge in [-0.1, -0.05) is 30.7 Å². The van der Waals surface area contributed by atoms with E-state index in [1.54, 1.807) is 18.3 Å². The van der Waals surface area contributed by atoms with Gasteiger partial charge < -0.3 is 4.42 Å². The molecule has 2 heterocycles. The van der Waals surface area contributed by atoms with Gasteiger partial charge in [-0.15, -0.1) is 11.3 Å². The van der Waals surface area contributed by atoms with Crippen LogP contribution in [0, 0.1) is 0 Å². The third kappa shape index (κ3) is 3.32. The lowest BCUT2D eigenvalue weighted by atomic mass is 9.85. The maximum absolute atomic E-state index is 13.0. The van der Waals surface area contributed by atoms with Crippen molar-refractivity contribution in [3.63, 3.8) is 0 Å². The van der Waals surface area contributed by atoms with Crippen LogP contribution in [0.5, 0.6) is 0 Å². The van der Waals surface area contributed by atoms with Gasteiger partial charge >= 0.3 is 0 Å². The maximum atomic E-state index is 13.0. The fourth-order valence-corrected chi connectivity index (χ4v) is 6.48. The SMILES string of the molecule is O=S(=O)(N[C@@H]1CCCc2ccccc21)c1ccc(-c2cnc(C3CCC3)o2)s1. The van der Waals surface area contributed by atoms with Crippen LogP contribution in [0.25, 0.3) is 10.6 Å². The summed E-state index contributed by atoms with van der Waals surface area (Å²) in [6.07, 6.45) is 7.99. The van der Waals surface area contributed by atoms with Crippen molar-refractivity contribution in [1.82, 2.24) is 9.71 Å². The molecule has 2 aromatic heterocycles. The molecule has 0 amide bonds. The van der Waals surface area contributed by atoms with Gasteiger partial charge in [-0.05, 0) is 55.4 Å². The highest BCUT2D eigenvalue weighted by atomic mass is 32.2. The molecule has 7 heteroatoms. The Balaban J connectivity index is 1.37. The van der Waals surface area contributed by atoms with Crippen LogP contribution in [0.3, 0.4) is 0 Å². The van der Waals surface area contributed by atoms with Crippen LogP contribution < -0.4 is 4.72 Å². The topological polar surface area (TPSA) is 72.2 Å². The monoisotopic (exact) mass is 414 g/mol. The number of aryl methyl sites for hydroxylation is 1. The molecule has 146 valence electrons. The molecule has 0 saturated heterocycles. The summed E-state index contributed by atoms with van der Waals surface area (Å²) in [7, 11) is -3.59. The number of sulfonamides is 1. The number of rotatable bonds is 5. The van der Waals surface area contributed by atoms with Gasteiger partial charge in [0.25, 0.3) is 10.0 Å². The van der Waals surface area contributed by atoms with E-state index >= 15 is 0 Å². The van der Waals surface area contributed by atoms with E-state index in [1.165, 1.54) is 23.3 Å². The first-order valence-corrected chi connectivity index (χ1v) is 12.1. The zero-order chi connectivity index (χ0) is 19.1. The Morgan fingerprint density at radius 2 is 1.93 bits per heavy atom. The van der Waals surface area contributed by atoms with Crippen molar-refractivity contribution in [2.24, 2.45) is 0 Å². The Morgan fingerprint density at radius 1 is 1.07 bits per heavy atom. The van der Waals surface area contributed by atoms with Gasteiger partial charge in [-0.3, -0.25) is 0 Å². The van der Waals surface area contributed by atoms with Crippen molar-refractivity contribution in [3.8, 4) is 10.6 Å². The van der Waals surface area contributed by atoms with Gasteiger partial charge in [-0.25, -0.2) is 18.1 Å². The molecular weight excluding hydrogens is 392 g/mol. The summed E-state index contributed by atoms with van der Waals surface area (Å²) < 4.78 is 35.1. The number of benzene rings is 1. The predicted molar refractivity (Wildman–Crippen MR) is 109 cm³/mol. The van der Waals surface area contributed by atoms with E-state index in [9.17, 15) is 8.42 Å². The minimum Gasteiger partial charge on any atom is -0.440 e. The highest BCUT2D eigenvalue weighted by Gasteiger charge is 2.28. The number of thiophene rings is 1. The predicted octanol–water partition coefficient (Wildman–Crippen LogP) is 5.03. The first kappa shape index (κ1) is 18.1. The highest BCUT2D eigenvalue weighted by Crippen LogP contribution is 2.39. The summed E-state index contributed by atoms with van der Waals surface area (Å²) in [5, 5.41) is 0. The zero-order valence-electron chi connectivity index (χ0n) is 15.4. The Hall–Kier alpha value is -1.96. The highest BCUT2D eigenvalue weighted by molar-refractivity contribution is 7.91. The third-order valence-electron chi connectivity index (χ3n) is 5.73. The molecule has 1 N–H and O–H groups in total. The third-order valence-corrected chi connectivity index (χ3v) is 8.80. The molecule has 0 radical (unpaired) electrons. The number of hydrogen-bond donors (Lipinski definition) is 1. The average molecular weight is 415 g/mol. The Bertz CT molecular complexity index is 1100. The molecule has 3 aromatic rings. The standard InChI is InChI=1S/C21H22N2O3S2/c24-28(25,23-17-10-4-6-14-5-1-2-9-16(14)17)20-12-11-19(27-20)18-13-22-21(26-18)15-7-3-8-15/h1-2,5,9,11-13,15,17,23H,3-4,6-8,10H2/t17-/m1/s1. The lowest BCUT2D eigenvalue weighted by Crippen LogP contribution is -2.30. The number of hydrogen-bond acceptors (Lipinski definition) is 5. The Labute approximate surface area is 168 Å². The zero-order valence-corrected chi connectivity index (χ0v) is 17.1. The van der Waals surface area contributed by atoms with Gasteiger partial charge in [0.1, 0.15) is 4.21 Å². The first-order valence-electron chi connectivity index (χ1n) is 9.76. The van der Waals surface area contributed by atoms with Crippen molar-refractivity contribution in [2.45, 2.75) is 54.7 Å². The normalized spacial score (nSPS) is 19.9. The van der Waals surface area contributed by atoms with Crippen molar-refractivity contribution in [1.29, 1.82) is 0 Å². The van der Waals surface area contributed by atoms with Crippen LogP contribution in [0.1, 0.15) is 61.1 Å². The lowest BCUT2D eigenvalue weighted by Gasteiger charge is -2.25. The second-order valence-corrected chi connectivity index (χ2v) is 10.6. The number of aromatic nitrogens is 1. The largest absolute Gasteiger partial charge is 0.440 e. The summed E-state index contributed by atoms with van der Waals surface area (Å²) in [5.74, 6) is 1.84. The van der Waals surface area contributed by atoms with E-state index in [1.807, 2.05) is 18.2 Å². The molecule has 5 nitrogen and oxygen atoms in total. The fourth-order valence-electron chi connectivity index (χ4n) is 3.96. The van der Waals surface area contributed by atoms with Crippen molar-refractivity contribution >= 4 is 21.4 Å². The van der Waals surface area contributed by atoms with Crippen LogP contribution in [-0.4, -0.2) is 13.4 Å². The van der Waals surface area contributed by atoms with Crippen molar-refractivity contribution in [3.05, 3.63) is 59.6 Å². The van der Waals surface area contributed by atoms with E-state index < -0.39 is 10.0 Å². The molecule has 5 rings (SSSR count). The van der Waals surface area contributed by atoms with E-state index in [4.69, 9.17) is 4.42 Å². The summed E-state index contributed by atoms with van der Waals surface area (Å²) in [6.45, 7) is 0. The molecule has 0 spiro atoms. The lowest BCUT2D eigenvalue weighted by molar-refractivity contribution is 0.338. The summed E-state index contributed by atoms with van der Waals surface area (Å²) in [6, 6.07) is 11.4. The van der Waals surface area contributed by atoms with E-state index in [2.05, 4.69) is 15.8 Å². The summed E-state index contributed by atoms with van der Waals surface area (Å²) in [4.78, 5) is 5.17. The molecule has 0 aliphatic heterocycles. The minimum absolute atomic E-state index is 0.170. The molecule has 0 bridgehead atoms. The quantitative estimate of drug-likeness (QED) is 0.636.